The fourth-order valence-corrected chi connectivity index (χ4v) is 1.94. The highest BCUT2D eigenvalue weighted by Gasteiger charge is 2.07. The summed E-state index contributed by atoms with van der Waals surface area (Å²) in [7, 11) is 0. The number of anilines is 1. The fourth-order valence-electron chi connectivity index (χ4n) is 1.55. The van der Waals surface area contributed by atoms with Gasteiger partial charge in [-0.2, -0.15) is 5.10 Å². The van der Waals surface area contributed by atoms with Gasteiger partial charge in [0.25, 0.3) is 0 Å². The number of carboxylic acid groups (broad SMARTS) is 1. The summed E-state index contributed by atoms with van der Waals surface area (Å²) in [5.41, 5.74) is 4.01. The van der Waals surface area contributed by atoms with Crippen LogP contribution in [0, 0.1) is 0 Å². The highest BCUT2D eigenvalue weighted by Crippen LogP contribution is 2.23. The third-order valence-corrected chi connectivity index (χ3v) is 3.16. The molecule has 20 heavy (non-hydrogen) atoms. The predicted octanol–water partition coefficient (Wildman–Crippen LogP) is 3.30. The van der Waals surface area contributed by atoms with E-state index in [1.54, 1.807) is 30.3 Å². The maximum atomic E-state index is 11.0. The van der Waals surface area contributed by atoms with Crippen molar-refractivity contribution in [3.63, 3.8) is 0 Å². The van der Waals surface area contributed by atoms with Gasteiger partial charge in [-0.1, -0.05) is 12.1 Å². The van der Waals surface area contributed by atoms with Crippen LogP contribution >= 0.6 is 15.9 Å². The van der Waals surface area contributed by atoms with E-state index in [2.05, 4.69) is 26.5 Å². The van der Waals surface area contributed by atoms with E-state index in [1.807, 2.05) is 0 Å². The van der Waals surface area contributed by atoms with Crippen LogP contribution in [0.4, 0.5) is 5.69 Å². The number of hydrazone groups is 1. The first-order chi connectivity index (χ1) is 9.58. The van der Waals surface area contributed by atoms with Crippen LogP contribution in [0.1, 0.15) is 15.9 Å². The molecule has 2 aromatic carbocycles. The minimum atomic E-state index is -1.02. The maximum absolute atomic E-state index is 11.0. The average Bonchev–Trinajstić information content (AvgIpc) is 2.43. The number of nitrogens with zero attached hydrogens (tertiary/aromatic N) is 1. The molecule has 6 heteroatoms. The molecule has 3 N–H and O–H groups in total. The molecule has 0 heterocycles. The Labute approximate surface area is 123 Å². The van der Waals surface area contributed by atoms with Gasteiger partial charge in [-0.25, -0.2) is 4.79 Å². The normalized spacial score (nSPS) is 10.7. The Bertz CT molecular complexity index is 671. The molecular weight excluding hydrogens is 324 g/mol. The lowest BCUT2D eigenvalue weighted by Crippen LogP contribution is -2.02. The van der Waals surface area contributed by atoms with Gasteiger partial charge in [0.1, 0.15) is 5.75 Å². The Morgan fingerprint density at radius 2 is 2.00 bits per heavy atom. The lowest BCUT2D eigenvalue weighted by atomic mass is 10.2. The zero-order valence-electron chi connectivity index (χ0n) is 10.2. The zero-order chi connectivity index (χ0) is 14.5. The smallest absolute Gasteiger partial charge is 0.337 e. The minimum Gasteiger partial charge on any atom is -0.507 e. The molecule has 0 aliphatic heterocycles. The number of para-hydroxylation sites is 1. The van der Waals surface area contributed by atoms with Crippen LogP contribution in [0.25, 0.3) is 0 Å². The number of phenolic OH excluding ortho intramolecular Hbond substituents is 1. The number of rotatable bonds is 4. The van der Waals surface area contributed by atoms with Crippen LogP contribution in [-0.4, -0.2) is 22.4 Å². The van der Waals surface area contributed by atoms with Crippen LogP contribution < -0.4 is 5.43 Å². The molecule has 0 amide bonds. The molecule has 0 fully saturated rings. The average molecular weight is 335 g/mol. The summed E-state index contributed by atoms with van der Waals surface area (Å²) in [6.07, 6.45) is 1.53. The van der Waals surface area contributed by atoms with Crippen LogP contribution in [-0.2, 0) is 0 Å². The van der Waals surface area contributed by atoms with Gasteiger partial charge in [0.2, 0.25) is 0 Å². The Hall–Kier alpha value is -2.34. The predicted molar refractivity (Wildman–Crippen MR) is 80.4 cm³/mol. The number of nitrogens with one attached hydrogen (secondary N) is 1. The molecule has 102 valence electrons. The van der Waals surface area contributed by atoms with E-state index < -0.39 is 5.97 Å². The molecule has 0 atom stereocenters. The Kier molecular flexibility index (Phi) is 4.37. The summed E-state index contributed by atoms with van der Waals surface area (Å²) in [6.45, 7) is 0. The second-order valence-corrected chi connectivity index (χ2v) is 4.79. The Balaban J connectivity index is 2.14. The second kappa shape index (κ2) is 6.21. The minimum absolute atomic E-state index is 0.145. The number of hydrogen-bond donors (Lipinski definition) is 3. The lowest BCUT2D eigenvalue weighted by Gasteiger charge is -2.04. The first-order valence-corrected chi connectivity index (χ1v) is 6.47. The molecule has 0 saturated carbocycles. The van der Waals surface area contributed by atoms with Crippen molar-refractivity contribution in [1.29, 1.82) is 0 Å². The summed E-state index contributed by atoms with van der Waals surface area (Å²) < 4.78 is 0.562. The van der Waals surface area contributed by atoms with Crippen LogP contribution in [0.2, 0.25) is 0 Å². The van der Waals surface area contributed by atoms with Gasteiger partial charge in [0, 0.05) is 0 Å². The fraction of sp³-hybridized carbons (Fsp3) is 0. The van der Waals surface area contributed by atoms with E-state index in [1.165, 1.54) is 18.3 Å². The standard InChI is InChI=1S/C14H11BrN2O3/c15-11-7-9(5-6-13(11)18)8-16-17-12-4-2-1-3-10(12)14(19)20/h1-8,17-18H,(H,19,20). The maximum Gasteiger partial charge on any atom is 0.337 e. The first-order valence-electron chi connectivity index (χ1n) is 5.68. The van der Waals surface area contributed by atoms with E-state index in [4.69, 9.17) is 5.11 Å². The largest absolute Gasteiger partial charge is 0.507 e. The third kappa shape index (κ3) is 3.36. The van der Waals surface area contributed by atoms with Crippen molar-refractivity contribution in [2.45, 2.75) is 0 Å². The van der Waals surface area contributed by atoms with Crippen molar-refractivity contribution in [3.8, 4) is 5.75 Å². The Morgan fingerprint density at radius 3 is 2.70 bits per heavy atom. The van der Waals surface area contributed by atoms with Gasteiger partial charge < -0.3 is 10.2 Å². The summed E-state index contributed by atoms with van der Waals surface area (Å²) in [5, 5.41) is 22.4. The summed E-state index contributed by atoms with van der Waals surface area (Å²) in [5.74, 6) is -0.873. The van der Waals surface area contributed by atoms with E-state index in [0.29, 0.717) is 10.2 Å². The summed E-state index contributed by atoms with van der Waals surface area (Å²) >= 11 is 3.20. The number of carbonyl (C=O) groups is 1. The molecule has 2 rings (SSSR count). The van der Waals surface area contributed by atoms with Gasteiger partial charge in [0.15, 0.2) is 0 Å². The van der Waals surface area contributed by atoms with Crippen molar-refractivity contribution in [1.82, 2.24) is 0 Å². The van der Waals surface area contributed by atoms with E-state index in [0.717, 1.165) is 5.56 Å². The number of aromatic hydroxyl groups is 1. The first kappa shape index (κ1) is 14.1. The van der Waals surface area contributed by atoms with Gasteiger partial charge in [-0.3, -0.25) is 5.43 Å². The molecule has 0 aliphatic carbocycles. The molecule has 0 aromatic heterocycles. The van der Waals surface area contributed by atoms with Crippen LogP contribution in [0.3, 0.4) is 0 Å². The number of hydrogen-bond acceptors (Lipinski definition) is 4. The summed E-state index contributed by atoms with van der Waals surface area (Å²) in [6, 6.07) is 11.4. The summed E-state index contributed by atoms with van der Waals surface area (Å²) in [4.78, 5) is 11.0. The topological polar surface area (TPSA) is 81.9 Å². The second-order valence-electron chi connectivity index (χ2n) is 3.93. The molecule has 0 aliphatic rings. The highest BCUT2D eigenvalue weighted by molar-refractivity contribution is 9.10. The van der Waals surface area contributed by atoms with E-state index in [-0.39, 0.29) is 11.3 Å². The molecule has 5 nitrogen and oxygen atoms in total. The number of carboxylic acids is 1. The molecule has 0 bridgehead atoms. The monoisotopic (exact) mass is 334 g/mol. The molecule has 2 aromatic rings. The van der Waals surface area contributed by atoms with Crippen LogP contribution in [0.15, 0.2) is 52.0 Å². The quantitative estimate of drug-likeness (QED) is 0.591. The zero-order valence-corrected chi connectivity index (χ0v) is 11.8. The highest BCUT2D eigenvalue weighted by atomic mass is 79.9. The molecular formula is C14H11BrN2O3. The number of benzene rings is 2. The van der Waals surface area contributed by atoms with E-state index in [9.17, 15) is 9.90 Å². The van der Waals surface area contributed by atoms with Crippen LogP contribution in [0.5, 0.6) is 5.75 Å². The number of aromatic carboxylic acids is 1. The molecule has 0 spiro atoms. The lowest BCUT2D eigenvalue weighted by molar-refractivity contribution is 0.0698. The van der Waals surface area contributed by atoms with Crippen molar-refractivity contribution in [2.24, 2.45) is 5.10 Å². The molecule has 0 saturated heterocycles. The molecule has 0 radical (unpaired) electrons. The number of halogens is 1. The van der Waals surface area contributed by atoms with Crippen molar-refractivity contribution in [2.75, 3.05) is 5.43 Å². The van der Waals surface area contributed by atoms with Crippen molar-refractivity contribution >= 4 is 33.8 Å². The van der Waals surface area contributed by atoms with Gasteiger partial charge in [-0.15, -0.1) is 0 Å². The van der Waals surface area contributed by atoms with Crippen molar-refractivity contribution < 1.29 is 15.0 Å². The SMILES string of the molecule is O=C(O)c1ccccc1NN=Cc1ccc(O)c(Br)c1. The van der Waals surface area contributed by atoms with Gasteiger partial charge in [0.05, 0.1) is 21.9 Å². The van der Waals surface area contributed by atoms with Crippen molar-refractivity contribution in [3.05, 3.63) is 58.1 Å². The Morgan fingerprint density at radius 1 is 1.25 bits per heavy atom. The number of phenols is 1. The van der Waals surface area contributed by atoms with Gasteiger partial charge in [-0.05, 0) is 51.8 Å². The van der Waals surface area contributed by atoms with Gasteiger partial charge >= 0.3 is 5.97 Å². The van der Waals surface area contributed by atoms with E-state index >= 15 is 0 Å². The molecule has 0 unspecified atom stereocenters. The third-order valence-electron chi connectivity index (χ3n) is 2.53.